The van der Waals surface area contributed by atoms with Crippen LogP contribution in [0.3, 0.4) is 0 Å². The van der Waals surface area contributed by atoms with Crippen molar-refractivity contribution in [1.29, 1.82) is 0 Å². The highest BCUT2D eigenvalue weighted by Gasteiger charge is 2.28. The minimum absolute atomic E-state index is 0.127. The van der Waals surface area contributed by atoms with Gasteiger partial charge in [-0.2, -0.15) is 0 Å². The van der Waals surface area contributed by atoms with Crippen LogP contribution in [0.2, 0.25) is 0 Å². The van der Waals surface area contributed by atoms with E-state index in [-0.39, 0.29) is 18.4 Å². The Morgan fingerprint density at radius 1 is 1.87 bits per heavy atom. The molecule has 1 rings (SSSR count). The Morgan fingerprint density at radius 3 is 3.13 bits per heavy atom. The maximum absolute atomic E-state index is 11.4. The van der Waals surface area contributed by atoms with Gasteiger partial charge in [-0.1, -0.05) is 0 Å². The molecule has 4 N–H and O–H groups in total. The lowest BCUT2D eigenvalue weighted by molar-refractivity contribution is -0.129. The molecule has 7 nitrogen and oxygen atoms in total. The standard InChI is InChI=1S/C8H15N3O4/c1-14-3-2-5(9)7(12)10-6-4-15-11-8(6)13/h5-6H,2-4,9H2,1H3,(H,10,12)(H,11,13)/t5?,6-/m1/s1. The number of amides is 2. The van der Waals surface area contributed by atoms with Gasteiger partial charge in [0, 0.05) is 13.7 Å². The lowest BCUT2D eigenvalue weighted by Crippen LogP contribution is -2.49. The summed E-state index contributed by atoms with van der Waals surface area (Å²) in [5, 5.41) is 2.48. The zero-order chi connectivity index (χ0) is 11.3. The van der Waals surface area contributed by atoms with Crippen LogP contribution >= 0.6 is 0 Å². The third kappa shape index (κ3) is 3.46. The molecule has 0 spiro atoms. The topological polar surface area (TPSA) is 103 Å². The summed E-state index contributed by atoms with van der Waals surface area (Å²) in [4.78, 5) is 27.1. The Labute approximate surface area is 87.2 Å². The Morgan fingerprint density at radius 2 is 2.60 bits per heavy atom. The first-order valence-electron chi connectivity index (χ1n) is 4.61. The van der Waals surface area contributed by atoms with Crippen molar-refractivity contribution in [3.63, 3.8) is 0 Å². The van der Waals surface area contributed by atoms with Gasteiger partial charge < -0.3 is 15.8 Å². The maximum Gasteiger partial charge on any atom is 0.268 e. The summed E-state index contributed by atoms with van der Waals surface area (Å²) in [5.41, 5.74) is 7.70. The minimum Gasteiger partial charge on any atom is -0.385 e. The Balaban J connectivity index is 2.31. The molecule has 0 radical (unpaired) electrons. The Kier molecular flexibility index (Phi) is 4.47. The molecule has 15 heavy (non-hydrogen) atoms. The normalized spacial score (nSPS) is 22.3. The van der Waals surface area contributed by atoms with E-state index < -0.39 is 12.1 Å². The lowest BCUT2D eigenvalue weighted by atomic mass is 10.2. The molecule has 0 aromatic rings. The largest absolute Gasteiger partial charge is 0.385 e. The van der Waals surface area contributed by atoms with Crippen molar-refractivity contribution in [1.82, 2.24) is 10.8 Å². The van der Waals surface area contributed by atoms with Crippen molar-refractivity contribution >= 4 is 11.8 Å². The molecule has 7 heteroatoms. The van der Waals surface area contributed by atoms with Crippen molar-refractivity contribution in [2.45, 2.75) is 18.5 Å². The van der Waals surface area contributed by atoms with Gasteiger partial charge in [-0.3, -0.25) is 14.4 Å². The summed E-state index contributed by atoms with van der Waals surface area (Å²) in [6.45, 7) is 0.531. The first-order chi connectivity index (χ1) is 7.15. The lowest BCUT2D eigenvalue weighted by Gasteiger charge is -2.13. The molecule has 1 aliphatic rings. The van der Waals surface area contributed by atoms with E-state index in [0.717, 1.165) is 0 Å². The van der Waals surface area contributed by atoms with Crippen LogP contribution in [0.25, 0.3) is 0 Å². The van der Waals surface area contributed by atoms with Crippen LogP contribution < -0.4 is 16.5 Å². The van der Waals surface area contributed by atoms with Crippen molar-refractivity contribution in [3.8, 4) is 0 Å². The van der Waals surface area contributed by atoms with Crippen molar-refractivity contribution in [3.05, 3.63) is 0 Å². The second-order valence-corrected chi connectivity index (χ2v) is 3.23. The van der Waals surface area contributed by atoms with E-state index in [1.165, 1.54) is 7.11 Å². The zero-order valence-corrected chi connectivity index (χ0v) is 8.49. The predicted octanol–water partition coefficient (Wildman–Crippen LogP) is -2.10. The molecule has 0 aliphatic carbocycles. The minimum atomic E-state index is -0.668. The number of hydrogen-bond acceptors (Lipinski definition) is 5. The van der Waals surface area contributed by atoms with Gasteiger partial charge >= 0.3 is 0 Å². The second kappa shape index (κ2) is 5.64. The SMILES string of the molecule is COCCC(N)C(=O)N[C@@H]1CONC1=O. The average Bonchev–Trinajstić information content (AvgIpc) is 2.61. The molecule has 2 amide bonds. The maximum atomic E-state index is 11.4. The molecule has 86 valence electrons. The van der Waals surface area contributed by atoms with E-state index in [0.29, 0.717) is 13.0 Å². The predicted molar refractivity (Wildman–Crippen MR) is 50.5 cm³/mol. The van der Waals surface area contributed by atoms with Crippen LogP contribution in [0.5, 0.6) is 0 Å². The summed E-state index contributed by atoms with van der Waals surface area (Å²) in [5.74, 6) is -0.736. The molecule has 1 unspecified atom stereocenters. The number of ether oxygens (including phenoxy) is 1. The van der Waals surface area contributed by atoms with Gasteiger partial charge in [0.2, 0.25) is 5.91 Å². The van der Waals surface area contributed by atoms with Crippen LogP contribution in [0.1, 0.15) is 6.42 Å². The number of rotatable bonds is 5. The number of carbonyl (C=O) groups is 2. The molecule has 0 aromatic carbocycles. The van der Waals surface area contributed by atoms with E-state index in [1.54, 1.807) is 0 Å². The van der Waals surface area contributed by atoms with Crippen LogP contribution in [-0.4, -0.2) is 44.2 Å². The Hall–Kier alpha value is -1.18. The van der Waals surface area contributed by atoms with Gasteiger partial charge in [-0.05, 0) is 6.42 Å². The molecule has 2 atom stereocenters. The highest BCUT2D eigenvalue weighted by atomic mass is 16.7. The number of hydroxylamine groups is 1. The number of nitrogens with two attached hydrogens (primary N) is 1. The zero-order valence-electron chi connectivity index (χ0n) is 8.49. The fraction of sp³-hybridized carbons (Fsp3) is 0.750. The smallest absolute Gasteiger partial charge is 0.268 e. The van der Waals surface area contributed by atoms with Crippen LogP contribution in [0.4, 0.5) is 0 Å². The van der Waals surface area contributed by atoms with E-state index >= 15 is 0 Å². The quantitative estimate of drug-likeness (QED) is 0.489. The average molecular weight is 217 g/mol. The molecule has 0 saturated carbocycles. The summed E-state index contributed by atoms with van der Waals surface area (Å²) in [7, 11) is 1.53. The van der Waals surface area contributed by atoms with E-state index in [4.69, 9.17) is 10.5 Å². The summed E-state index contributed by atoms with van der Waals surface area (Å²) < 4.78 is 4.79. The second-order valence-electron chi connectivity index (χ2n) is 3.23. The van der Waals surface area contributed by atoms with E-state index in [1.807, 2.05) is 0 Å². The first-order valence-corrected chi connectivity index (χ1v) is 4.61. The van der Waals surface area contributed by atoms with Gasteiger partial charge in [-0.25, -0.2) is 5.48 Å². The molecule has 1 saturated heterocycles. The molecule has 1 aliphatic heterocycles. The van der Waals surface area contributed by atoms with Crippen LogP contribution in [0.15, 0.2) is 0 Å². The van der Waals surface area contributed by atoms with E-state index in [2.05, 4.69) is 15.6 Å². The molecule has 0 aromatic heterocycles. The summed E-state index contributed by atoms with van der Waals surface area (Å²) in [6.07, 6.45) is 0.414. The number of hydrogen-bond donors (Lipinski definition) is 3. The first kappa shape index (κ1) is 11.9. The molecule has 0 bridgehead atoms. The van der Waals surface area contributed by atoms with Crippen molar-refractivity contribution < 1.29 is 19.2 Å². The molecule has 1 heterocycles. The monoisotopic (exact) mass is 217 g/mol. The van der Waals surface area contributed by atoms with Gasteiger partial charge in [0.1, 0.15) is 12.6 Å². The number of nitrogens with one attached hydrogen (secondary N) is 2. The highest BCUT2D eigenvalue weighted by molar-refractivity contribution is 5.90. The Bertz CT molecular complexity index is 246. The fourth-order valence-electron chi connectivity index (χ4n) is 1.10. The number of methoxy groups -OCH3 is 1. The molecular formula is C8H15N3O4. The van der Waals surface area contributed by atoms with Gasteiger partial charge in [-0.15, -0.1) is 0 Å². The molecule has 1 fully saturated rings. The number of carbonyl (C=O) groups excluding carboxylic acids is 2. The van der Waals surface area contributed by atoms with Crippen LogP contribution in [-0.2, 0) is 19.2 Å². The third-order valence-corrected chi connectivity index (χ3v) is 2.03. The van der Waals surface area contributed by atoms with Gasteiger partial charge in [0.05, 0.1) is 6.04 Å². The highest BCUT2D eigenvalue weighted by Crippen LogP contribution is 1.96. The summed E-state index contributed by atoms with van der Waals surface area (Å²) in [6, 6.07) is -1.32. The van der Waals surface area contributed by atoms with Crippen LogP contribution in [0, 0.1) is 0 Å². The third-order valence-electron chi connectivity index (χ3n) is 2.03. The molecular weight excluding hydrogens is 202 g/mol. The fourth-order valence-corrected chi connectivity index (χ4v) is 1.10. The van der Waals surface area contributed by atoms with Gasteiger partial charge in [0.15, 0.2) is 0 Å². The summed E-state index contributed by atoms with van der Waals surface area (Å²) >= 11 is 0. The van der Waals surface area contributed by atoms with Gasteiger partial charge in [0.25, 0.3) is 5.91 Å². The van der Waals surface area contributed by atoms with Crippen molar-refractivity contribution in [2.75, 3.05) is 20.3 Å². The van der Waals surface area contributed by atoms with Crippen molar-refractivity contribution in [2.24, 2.45) is 5.73 Å². The van der Waals surface area contributed by atoms with E-state index in [9.17, 15) is 9.59 Å².